The van der Waals surface area contributed by atoms with Crippen LogP contribution in [-0.2, 0) is 20.9 Å². The van der Waals surface area contributed by atoms with Crippen LogP contribution in [0.3, 0.4) is 0 Å². The van der Waals surface area contributed by atoms with Gasteiger partial charge >= 0.3 is 5.97 Å². The Bertz CT molecular complexity index is 1200. The molecule has 7 nitrogen and oxygen atoms in total. The second-order valence-corrected chi connectivity index (χ2v) is 8.10. The van der Waals surface area contributed by atoms with Crippen molar-refractivity contribution in [1.29, 1.82) is 0 Å². The van der Waals surface area contributed by atoms with E-state index >= 15 is 0 Å². The number of nitrogens with one attached hydrogen (secondary N) is 1. The van der Waals surface area contributed by atoms with Gasteiger partial charge in [0.1, 0.15) is 6.54 Å². The van der Waals surface area contributed by atoms with Gasteiger partial charge in [-0.25, -0.2) is 0 Å². The predicted molar refractivity (Wildman–Crippen MR) is 117 cm³/mol. The van der Waals surface area contributed by atoms with E-state index < -0.39 is 11.9 Å². The Hall–Kier alpha value is -2.68. The lowest BCUT2D eigenvalue weighted by molar-refractivity contribution is -0.143. The number of nitrogens with zero attached hydrogens (tertiary/aromatic N) is 2. The summed E-state index contributed by atoms with van der Waals surface area (Å²) in [6, 6.07) is 9.66. The number of esters is 1. The summed E-state index contributed by atoms with van der Waals surface area (Å²) in [6.07, 6.45) is 0. The van der Waals surface area contributed by atoms with Crippen molar-refractivity contribution in [2.45, 2.75) is 20.4 Å². The molecule has 0 fully saturated rings. The standard InChI is InChI=1S/C20H17Cl2N3O4S/c1-3-29-18(27)10-25-16-5-4-15(23-11(2)26)9-17(16)30-20(25)24-19(28)12-6-13(21)8-14(22)7-12/h4-9H,3,10H2,1-2H3,(H,23,26). The number of hydrogen-bond acceptors (Lipinski definition) is 5. The first-order valence-electron chi connectivity index (χ1n) is 8.88. The minimum atomic E-state index is -0.550. The molecule has 0 aliphatic heterocycles. The number of rotatable bonds is 5. The molecule has 1 N–H and O–H groups in total. The Morgan fingerprint density at radius 2 is 1.83 bits per heavy atom. The molecule has 10 heteroatoms. The van der Waals surface area contributed by atoms with Gasteiger partial charge in [0.25, 0.3) is 5.91 Å². The number of aromatic nitrogens is 1. The highest BCUT2D eigenvalue weighted by Crippen LogP contribution is 2.23. The number of anilines is 1. The molecule has 3 aromatic rings. The van der Waals surface area contributed by atoms with Crippen molar-refractivity contribution in [2.75, 3.05) is 11.9 Å². The molecule has 0 unspecified atom stereocenters. The minimum absolute atomic E-state index is 0.115. The van der Waals surface area contributed by atoms with Gasteiger partial charge in [0.2, 0.25) is 5.91 Å². The summed E-state index contributed by atoms with van der Waals surface area (Å²) in [5.41, 5.74) is 1.50. The van der Waals surface area contributed by atoms with Crippen molar-refractivity contribution in [2.24, 2.45) is 4.99 Å². The fourth-order valence-electron chi connectivity index (χ4n) is 2.76. The first kappa shape index (κ1) is 22.0. The van der Waals surface area contributed by atoms with Crippen LogP contribution in [0.2, 0.25) is 10.0 Å². The summed E-state index contributed by atoms with van der Waals surface area (Å²) in [5, 5.41) is 3.34. The summed E-state index contributed by atoms with van der Waals surface area (Å²) < 4.78 is 7.38. The number of thiazole rings is 1. The molecular weight excluding hydrogens is 449 g/mol. The van der Waals surface area contributed by atoms with Crippen molar-refractivity contribution in [3.8, 4) is 0 Å². The smallest absolute Gasteiger partial charge is 0.326 e. The van der Waals surface area contributed by atoms with E-state index in [2.05, 4.69) is 10.3 Å². The Morgan fingerprint density at radius 1 is 1.13 bits per heavy atom. The molecule has 2 aromatic carbocycles. The maximum Gasteiger partial charge on any atom is 0.326 e. The van der Waals surface area contributed by atoms with Crippen molar-refractivity contribution < 1.29 is 19.1 Å². The fourth-order valence-corrected chi connectivity index (χ4v) is 4.35. The Labute approximate surface area is 185 Å². The normalized spacial score (nSPS) is 11.5. The zero-order chi connectivity index (χ0) is 21.8. The number of halogens is 2. The largest absolute Gasteiger partial charge is 0.465 e. The second-order valence-electron chi connectivity index (χ2n) is 6.21. The molecule has 0 atom stereocenters. The summed E-state index contributed by atoms with van der Waals surface area (Å²) in [5.74, 6) is -1.21. The molecule has 0 saturated carbocycles. The van der Waals surface area contributed by atoms with Crippen LogP contribution in [0.1, 0.15) is 24.2 Å². The van der Waals surface area contributed by atoms with Gasteiger partial charge in [-0.3, -0.25) is 14.4 Å². The fraction of sp³-hybridized carbons (Fsp3) is 0.200. The van der Waals surface area contributed by atoms with Crippen LogP contribution >= 0.6 is 34.5 Å². The monoisotopic (exact) mass is 465 g/mol. The van der Waals surface area contributed by atoms with Gasteiger partial charge in [-0.05, 0) is 43.3 Å². The average Bonchev–Trinajstić information content (AvgIpc) is 2.97. The molecule has 0 bridgehead atoms. The van der Waals surface area contributed by atoms with E-state index in [1.165, 1.54) is 36.5 Å². The van der Waals surface area contributed by atoms with E-state index in [-0.39, 0.29) is 24.6 Å². The summed E-state index contributed by atoms with van der Waals surface area (Å²) in [6.45, 7) is 3.25. The summed E-state index contributed by atoms with van der Waals surface area (Å²) in [7, 11) is 0. The second kappa shape index (κ2) is 9.42. The van der Waals surface area contributed by atoms with Crippen molar-refractivity contribution in [1.82, 2.24) is 4.57 Å². The molecule has 1 heterocycles. The maximum absolute atomic E-state index is 12.7. The number of amides is 2. The number of ether oxygens (including phenoxy) is 1. The molecule has 30 heavy (non-hydrogen) atoms. The highest BCUT2D eigenvalue weighted by atomic mass is 35.5. The Kier molecular flexibility index (Phi) is 6.91. The van der Waals surface area contributed by atoms with Gasteiger partial charge < -0.3 is 14.6 Å². The minimum Gasteiger partial charge on any atom is -0.465 e. The van der Waals surface area contributed by atoms with Gasteiger partial charge in [-0.1, -0.05) is 34.5 Å². The number of benzene rings is 2. The van der Waals surface area contributed by atoms with Crippen LogP contribution < -0.4 is 10.1 Å². The first-order chi connectivity index (χ1) is 14.3. The lowest BCUT2D eigenvalue weighted by Gasteiger charge is -2.06. The van der Waals surface area contributed by atoms with E-state index in [0.717, 1.165) is 4.70 Å². The lowest BCUT2D eigenvalue weighted by Crippen LogP contribution is -2.23. The molecule has 1 aromatic heterocycles. The van der Waals surface area contributed by atoms with Gasteiger partial charge in [0.15, 0.2) is 4.80 Å². The zero-order valence-electron chi connectivity index (χ0n) is 16.1. The van der Waals surface area contributed by atoms with Crippen LogP contribution in [0.25, 0.3) is 10.2 Å². The van der Waals surface area contributed by atoms with Crippen molar-refractivity contribution in [3.05, 3.63) is 56.8 Å². The highest BCUT2D eigenvalue weighted by molar-refractivity contribution is 7.16. The summed E-state index contributed by atoms with van der Waals surface area (Å²) in [4.78, 5) is 40.6. The number of carbonyl (C=O) groups excluding carboxylic acids is 3. The summed E-state index contributed by atoms with van der Waals surface area (Å²) >= 11 is 13.2. The molecule has 3 rings (SSSR count). The van der Waals surface area contributed by atoms with Gasteiger partial charge in [0, 0.05) is 28.2 Å². The van der Waals surface area contributed by atoms with E-state index in [4.69, 9.17) is 27.9 Å². The molecule has 2 amide bonds. The van der Waals surface area contributed by atoms with E-state index in [0.29, 0.717) is 26.1 Å². The van der Waals surface area contributed by atoms with Crippen molar-refractivity contribution >= 4 is 68.2 Å². The molecule has 0 aliphatic rings. The predicted octanol–water partition coefficient (Wildman–Crippen LogP) is 4.27. The molecule has 156 valence electrons. The first-order valence-corrected chi connectivity index (χ1v) is 10.5. The van der Waals surface area contributed by atoms with Crippen molar-refractivity contribution in [3.63, 3.8) is 0 Å². The van der Waals surface area contributed by atoms with Crippen LogP contribution in [0.5, 0.6) is 0 Å². The lowest BCUT2D eigenvalue weighted by atomic mass is 10.2. The quantitative estimate of drug-likeness (QED) is 0.569. The van der Waals surface area contributed by atoms with Gasteiger partial charge in [-0.2, -0.15) is 4.99 Å². The van der Waals surface area contributed by atoms with Crippen LogP contribution in [0.4, 0.5) is 5.69 Å². The van der Waals surface area contributed by atoms with E-state index in [9.17, 15) is 14.4 Å². The van der Waals surface area contributed by atoms with E-state index in [1.807, 2.05) is 0 Å². The number of fused-ring (bicyclic) bond motifs is 1. The Balaban J connectivity index is 2.12. The molecule has 0 aliphatic carbocycles. The highest BCUT2D eigenvalue weighted by Gasteiger charge is 2.14. The number of carbonyl (C=O) groups is 3. The average molecular weight is 466 g/mol. The molecule has 0 spiro atoms. The Morgan fingerprint density at radius 3 is 2.47 bits per heavy atom. The molecule has 0 radical (unpaired) electrons. The van der Waals surface area contributed by atoms with Crippen LogP contribution in [0.15, 0.2) is 41.4 Å². The van der Waals surface area contributed by atoms with Crippen LogP contribution in [-0.4, -0.2) is 29.0 Å². The van der Waals surface area contributed by atoms with Crippen LogP contribution in [0, 0.1) is 0 Å². The maximum atomic E-state index is 12.7. The third-order valence-electron chi connectivity index (χ3n) is 3.90. The molecule has 0 saturated heterocycles. The SMILES string of the molecule is CCOC(=O)Cn1c(=NC(=O)c2cc(Cl)cc(Cl)c2)sc2cc(NC(C)=O)ccc21. The van der Waals surface area contributed by atoms with Gasteiger partial charge in [0.05, 0.1) is 16.8 Å². The third kappa shape index (κ3) is 5.27. The third-order valence-corrected chi connectivity index (χ3v) is 5.38. The zero-order valence-corrected chi connectivity index (χ0v) is 18.4. The molecular formula is C20H17Cl2N3O4S. The van der Waals surface area contributed by atoms with E-state index in [1.54, 1.807) is 29.7 Å². The van der Waals surface area contributed by atoms with Gasteiger partial charge in [-0.15, -0.1) is 0 Å². The topological polar surface area (TPSA) is 89.8 Å². The number of hydrogen-bond donors (Lipinski definition) is 1.